The van der Waals surface area contributed by atoms with Gasteiger partial charge in [0.2, 0.25) is 0 Å². The van der Waals surface area contributed by atoms with E-state index in [-0.39, 0.29) is 0 Å². The first-order valence-corrected chi connectivity index (χ1v) is 5.62. The van der Waals surface area contributed by atoms with Gasteiger partial charge < -0.3 is 14.8 Å². The predicted molar refractivity (Wildman–Crippen MR) is 65.4 cm³/mol. The highest BCUT2D eigenvalue weighted by Gasteiger charge is 2.09. The van der Waals surface area contributed by atoms with E-state index in [1.54, 1.807) is 12.1 Å². The maximum atomic E-state index is 8.91. The van der Waals surface area contributed by atoms with Crippen LogP contribution in [0.1, 0.15) is 25.8 Å². The summed E-state index contributed by atoms with van der Waals surface area (Å²) in [5.74, 6) is 0.659. The molecule has 3 nitrogen and oxygen atoms in total. The van der Waals surface area contributed by atoms with Gasteiger partial charge in [0.05, 0.1) is 6.61 Å². The zero-order valence-electron chi connectivity index (χ0n) is 9.89. The topological polar surface area (TPSA) is 49.7 Å². The Hall–Kier alpha value is -0.835. The molecule has 0 spiro atoms. The fraction of sp³-hybridized carbons (Fsp3) is 0.500. The number of hydrogen-bond acceptors (Lipinski definition) is 3. The summed E-state index contributed by atoms with van der Waals surface area (Å²) in [7, 11) is -1.39. The van der Waals surface area contributed by atoms with E-state index in [9.17, 15) is 0 Å². The van der Waals surface area contributed by atoms with Crippen LogP contribution in [0.2, 0.25) is 0 Å². The molecule has 0 heterocycles. The third-order valence-corrected chi connectivity index (χ3v) is 2.39. The molecule has 0 bridgehead atoms. The molecule has 1 aromatic carbocycles. The quantitative estimate of drug-likeness (QED) is 0.556. The van der Waals surface area contributed by atoms with Crippen molar-refractivity contribution in [1.29, 1.82) is 0 Å². The fourth-order valence-corrected chi connectivity index (χ4v) is 1.30. The molecule has 4 heteroatoms. The second-order valence-corrected chi connectivity index (χ2v) is 4.35. The second kappa shape index (κ2) is 6.68. The lowest BCUT2D eigenvalue weighted by atomic mass is 9.80. The summed E-state index contributed by atoms with van der Waals surface area (Å²) in [5.41, 5.74) is 1.55. The summed E-state index contributed by atoms with van der Waals surface area (Å²) in [6, 6.07) is 7.10. The maximum absolute atomic E-state index is 8.91. The molecule has 1 rings (SSSR count). The fourth-order valence-electron chi connectivity index (χ4n) is 1.30. The molecule has 0 atom stereocenters. The van der Waals surface area contributed by atoms with Crippen LogP contribution in [0.25, 0.3) is 0 Å². The van der Waals surface area contributed by atoms with Crippen LogP contribution in [0.4, 0.5) is 0 Å². The van der Waals surface area contributed by atoms with Crippen molar-refractivity contribution in [3.63, 3.8) is 0 Å². The molecule has 0 saturated carbocycles. The lowest BCUT2D eigenvalue weighted by Crippen LogP contribution is -2.29. The highest BCUT2D eigenvalue weighted by atomic mass is 16.5. The Morgan fingerprint density at radius 3 is 2.31 bits per heavy atom. The second-order valence-electron chi connectivity index (χ2n) is 4.35. The standard InChI is InChI=1S/C12H19BO3/c1-10(2)7-8-16-9-11-3-5-12(6-4-11)13(14)15/h3-6,10,14-15H,7-9H2,1-2H3. The minimum absolute atomic E-state index is 0.505. The largest absolute Gasteiger partial charge is 0.488 e. The molecule has 0 fully saturated rings. The number of ether oxygens (including phenoxy) is 1. The minimum atomic E-state index is -1.39. The molecule has 0 aliphatic carbocycles. The molecule has 2 N–H and O–H groups in total. The summed E-state index contributed by atoms with van der Waals surface area (Å²) in [5, 5.41) is 17.8. The van der Waals surface area contributed by atoms with Crippen molar-refractivity contribution in [2.24, 2.45) is 5.92 Å². The van der Waals surface area contributed by atoms with E-state index < -0.39 is 7.12 Å². The summed E-state index contributed by atoms with van der Waals surface area (Å²) < 4.78 is 5.51. The molecule has 0 saturated heterocycles. The summed E-state index contributed by atoms with van der Waals surface area (Å²) >= 11 is 0. The molecule has 0 radical (unpaired) electrons. The number of rotatable bonds is 6. The Balaban J connectivity index is 2.32. The Labute approximate surface area is 97.2 Å². The van der Waals surface area contributed by atoms with Crippen LogP contribution >= 0.6 is 0 Å². The van der Waals surface area contributed by atoms with E-state index in [1.807, 2.05) is 12.1 Å². The van der Waals surface area contributed by atoms with Gasteiger partial charge in [-0.1, -0.05) is 38.1 Å². The molecule has 0 aliphatic heterocycles. The van der Waals surface area contributed by atoms with E-state index in [4.69, 9.17) is 14.8 Å². The van der Waals surface area contributed by atoms with Crippen LogP contribution in [0.5, 0.6) is 0 Å². The van der Waals surface area contributed by atoms with E-state index in [1.165, 1.54) is 0 Å². The SMILES string of the molecule is CC(C)CCOCc1ccc(B(O)O)cc1. The normalized spacial score (nSPS) is 10.8. The van der Waals surface area contributed by atoms with E-state index in [0.29, 0.717) is 18.0 Å². The van der Waals surface area contributed by atoms with Gasteiger partial charge in [-0.25, -0.2) is 0 Å². The Bertz CT molecular complexity index is 296. The number of benzene rings is 1. The van der Waals surface area contributed by atoms with E-state index in [2.05, 4.69) is 13.8 Å². The smallest absolute Gasteiger partial charge is 0.423 e. The van der Waals surface area contributed by atoms with Crippen LogP contribution in [0.3, 0.4) is 0 Å². The van der Waals surface area contributed by atoms with Crippen LogP contribution < -0.4 is 5.46 Å². The van der Waals surface area contributed by atoms with Crippen molar-refractivity contribution in [3.05, 3.63) is 29.8 Å². The summed E-state index contributed by atoms with van der Waals surface area (Å²) in [4.78, 5) is 0. The van der Waals surface area contributed by atoms with Gasteiger partial charge in [0.1, 0.15) is 0 Å². The van der Waals surface area contributed by atoms with Gasteiger partial charge in [-0.2, -0.15) is 0 Å². The van der Waals surface area contributed by atoms with Gasteiger partial charge in [-0.15, -0.1) is 0 Å². The first-order chi connectivity index (χ1) is 7.59. The van der Waals surface area contributed by atoms with Crippen molar-refractivity contribution < 1.29 is 14.8 Å². The predicted octanol–water partition coefficient (Wildman–Crippen LogP) is 0.929. The molecule has 0 unspecified atom stereocenters. The van der Waals surface area contributed by atoms with Crippen molar-refractivity contribution in [2.75, 3.05) is 6.61 Å². The summed E-state index contributed by atoms with van der Waals surface area (Å²) in [6.07, 6.45) is 1.06. The van der Waals surface area contributed by atoms with Crippen molar-refractivity contribution in [3.8, 4) is 0 Å². The van der Waals surface area contributed by atoms with Crippen molar-refractivity contribution >= 4 is 12.6 Å². The first-order valence-electron chi connectivity index (χ1n) is 5.62. The average Bonchev–Trinajstić information content (AvgIpc) is 2.25. The summed E-state index contributed by atoms with van der Waals surface area (Å²) in [6.45, 7) is 5.68. The van der Waals surface area contributed by atoms with Gasteiger partial charge in [0, 0.05) is 6.61 Å². The highest BCUT2D eigenvalue weighted by Crippen LogP contribution is 2.03. The van der Waals surface area contributed by atoms with Crippen molar-refractivity contribution in [2.45, 2.75) is 26.9 Å². The lowest BCUT2D eigenvalue weighted by Gasteiger charge is -2.07. The van der Waals surface area contributed by atoms with Gasteiger partial charge in [-0.3, -0.25) is 0 Å². The zero-order valence-corrected chi connectivity index (χ0v) is 9.89. The van der Waals surface area contributed by atoms with E-state index in [0.717, 1.165) is 18.6 Å². The highest BCUT2D eigenvalue weighted by molar-refractivity contribution is 6.58. The molecule has 0 aromatic heterocycles. The Kier molecular flexibility index (Phi) is 5.53. The average molecular weight is 222 g/mol. The van der Waals surface area contributed by atoms with Crippen LogP contribution in [0, 0.1) is 5.92 Å². The number of hydrogen-bond donors (Lipinski definition) is 2. The van der Waals surface area contributed by atoms with E-state index >= 15 is 0 Å². The Morgan fingerprint density at radius 1 is 1.19 bits per heavy atom. The van der Waals surface area contributed by atoms with Crippen LogP contribution in [-0.2, 0) is 11.3 Å². The molecular formula is C12H19BO3. The van der Waals surface area contributed by atoms with Crippen LogP contribution in [0.15, 0.2) is 24.3 Å². The van der Waals surface area contributed by atoms with Gasteiger partial charge in [0.15, 0.2) is 0 Å². The molecular weight excluding hydrogens is 203 g/mol. The van der Waals surface area contributed by atoms with Crippen molar-refractivity contribution in [1.82, 2.24) is 0 Å². The molecule has 1 aromatic rings. The third-order valence-electron chi connectivity index (χ3n) is 2.39. The molecule has 0 amide bonds. The lowest BCUT2D eigenvalue weighted by molar-refractivity contribution is 0.110. The van der Waals surface area contributed by atoms with Gasteiger partial charge in [0.25, 0.3) is 0 Å². The van der Waals surface area contributed by atoms with Gasteiger partial charge >= 0.3 is 7.12 Å². The van der Waals surface area contributed by atoms with Crippen LogP contribution in [-0.4, -0.2) is 23.8 Å². The zero-order chi connectivity index (χ0) is 12.0. The van der Waals surface area contributed by atoms with Gasteiger partial charge in [-0.05, 0) is 23.4 Å². The first kappa shape index (κ1) is 13.2. The minimum Gasteiger partial charge on any atom is -0.423 e. The third kappa shape index (κ3) is 4.79. The molecule has 0 aliphatic rings. The molecule has 88 valence electrons. The molecule has 16 heavy (non-hydrogen) atoms. The Morgan fingerprint density at radius 2 is 1.81 bits per heavy atom. The monoisotopic (exact) mass is 222 g/mol. The maximum Gasteiger partial charge on any atom is 0.488 e.